The maximum Gasteiger partial charge on any atom is 0.141 e. The number of amidine groups is 1. The smallest absolute Gasteiger partial charge is 0.141 e. The summed E-state index contributed by atoms with van der Waals surface area (Å²) < 4.78 is 0. The molecule has 0 saturated carbocycles. The molecule has 0 atom stereocenters. The highest BCUT2D eigenvalue weighted by atomic mass is 15.2. The van der Waals surface area contributed by atoms with E-state index < -0.39 is 0 Å². The SMILES string of the molecule is B/C(C=C)=C/N1CCN=C1C=C. The Bertz CT molecular complexity index is 253. The summed E-state index contributed by atoms with van der Waals surface area (Å²) in [5, 5.41) is 0. The minimum absolute atomic E-state index is 0.863. The van der Waals surface area contributed by atoms with Crippen LogP contribution in [-0.2, 0) is 0 Å². The Hall–Kier alpha value is -1.25. The van der Waals surface area contributed by atoms with Crippen molar-refractivity contribution in [1.82, 2.24) is 4.90 Å². The van der Waals surface area contributed by atoms with E-state index >= 15 is 0 Å². The number of hydrogen-bond donors (Lipinski definition) is 0. The van der Waals surface area contributed by atoms with Crippen LogP contribution in [0.1, 0.15) is 0 Å². The van der Waals surface area contributed by atoms with Crippen LogP contribution in [0.15, 0.2) is 42.0 Å². The molecule has 0 bridgehead atoms. The summed E-state index contributed by atoms with van der Waals surface area (Å²) in [5.74, 6) is 0.955. The number of rotatable bonds is 3. The van der Waals surface area contributed by atoms with Gasteiger partial charge in [-0.1, -0.05) is 24.7 Å². The van der Waals surface area contributed by atoms with E-state index in [0.29, 0.717) is 0 Å². The summed E-state index contributed by atoms with van der Waals surface area (Å²) in [7, 11) is 2.02. The van der Waals surface area contributed by atoms with E-state index in [2.05, 4.69) is 23.1 Å². The highest BCUT2D eigenvalue weighted by Crippen LogP contribution is 2.05. The predicted octanol–water partition coefficient (Wildman–Crippen LogP) is 0.547. The minimum Gasteiger partial charge on any atom is -0.332 e. The van der Waals surface area contributed by atoms with Crippen molar-refractivity contribution in [2.45, 2.75) is 0 Å². The molecule has 0 fully saturated rings. The second-order valence-electron chi connectivity index (χ2n) is 2.71. The molecular weight excluding hydrogens is 147 g/mol. The molecule has 12 heavy (non-hydrogen) atoms. The van der Waals surface area contributed by atoms with Crippen LogP contribution in [0.4, 0.5) is 0 Å². The van der Waals surface area contributed by atoms with Gasteiger partial charge in [-0.25, -0.2) is 0 Å². The van der Waals surface area contributed by atoms with Gasteiger partial charge in [-0.3, -0.25) is 4.99 Å². The van der Waals surface area contributed by atoms with Gasteiger partial charge >= 0.3 is 0 Å². The zero-order chi connectivity index (χ0) is 8.97. The first-order valence-electron chi connectivity index (χ1n) is 4.02. The lowest BCUT2D eigenvalue weighted by molar-refractivity contribution is 0.612. The Labute approximate surface area is 74.4 Å². The van der Waals surface area contributed by atoms with Crippen molar-refractivity contribution in [3.8, 4) is 0 Å². The molecule has 1 rings (SSSR count). The quantitative estimate of drug-likeness (QED) is 0.434. The third-order valence-corrected chi connectivity index (χ3v) is 1.77. The number of nitrogens with zero attached hydrogens (tertiary/aromatic N) is 2. The lowest BCUT2D eigenvalue weighted by Crippen LogP contribution is -2.20. The molecule has 0 unspecified atom stereocenters. The van der Waals surface area contributed by atoms with Crippen LogP contribution < -0.4 is 0 Å². The molecule has 62 valence electrons. The topological polar surface area (TPSA) is 15.6 Å². The molecule has 0 saturated heterocycles. The Morgan fingerprint density at radius 2 is 2.33 bits per heavy atom. The monoisotopic (exact) mass is 160 g/mol. The molecule has 2 nitrogen and oxygen atoms in total. The Balaban J connectivity index is 2.71. The van der Waals surface area contributed by atoms with Gasteiger partial charge in [0.25, 0.3) is 0 Å². The van der Waals surface area contributed by atoms with Gasteiger partial charge < -0.3 is 4.90 Å². The van der Waals surface area contributed by atoms with Gasteiger partial charge in [0.05, 0.1) is 6.54 Å². The first kappa shape index (κ1) is 8.85. The van der Waals surface area contributed by atoms with Gasteiger partial charge in [0.15, 0.2) is 0 Å². The molecule has 0 amide bonds. The van der Waals surface area contributed by atoms with Crippen LogP contribution in [0.5, 0.6) is 0 Å². The van der Waals surface area contributed by atoms with E-state index in [-0.39, 0.29) is 0 Å². The molecule has 0 aliphatic carbocycles. The minimum atomic E-state index is 0.863. The van der Waals surface area contributed by atoms with Crippen LogP contribution in [0, 0.1) is 0 Å². The van der Waals surface area contributed by atoms with Gasteiger partial charge in [0.2, 0.25) is 0 Å². The largest absolute Gasteiger partial charge is 0.332 e. The van der Waals surface area contributed by atoms with Crippen molar-refractivity contribution in [3.05, 3.63) is 37.0 Å². The van der Waals surface area contributed by atoms with Crippen LogP contribution in [0.25, 0.3) is 0 Å². The van der Waals surface area contributed by atoms with Crippen molar-refractivity contribution in [2.24, 2.45) is 4.99 Å². The summed E-state index contributed by atoms with van der Waals surface area (Å²) in [6.45, 7) is 9.21. The highest BCUT2D eigenvalue weighted by Gasteiger charge is 2.10. The fourth-order valence-electron chi connectivity index (χ4n) is 1.09. The van der Waals surface area contributed by atoms with E-state index in [9.17, 15) is 0 Å². The van der Waals surface area contributed by atoms with Crippen molar-refractivity contribution in [1.29, 1.82) is 0 Å². The molecule has 0 aromatic carbocycles. The molecule has 0 spiro atoms. The highest BCUT2D eigenvalue weighted by molar-refractivity contribution is 6.23. The van der Waals surface area contributed by atoms with E-state index in [1.165, 1.54) is 0 Å². The molecule has 0 aromatic rings. The molecule has 1 aliphatic heterocycles. The average molecular weight is 160 g/mol. The second-order valence-corrected chi connectivity index (χ2v) is 2.71. The molecule has 0 N–H and O–H groups in total. The Morgan fingerprint density at radius 1 is 1.58 bits per heavy atom. The molecule has 0 aromatic heterocycles. The number of hydrogen-bond acceptors (Lipinski definition) is 2. The van der Waals surface area contributed by atoms with Crippen molar-refractivity contribution >= 4 is 13.7 Å². The van der Waals surface area contributed by atoms with E-state index in [0.717, 1.165) is 24.4 Å². The second kappa shape index (κ2) is 3.95. The van der Waals surface area contributed by atoms with E-state index in [4.69, 9.17) is 0 Å². The zero-order valence-corrected chi connectivity index (χ0v) is 7.45. The van der Waals surface area contributed by atoms with Gasteiger partial charge in [0, 0.05) is 6.54 Å². The summed E-state index contributed by atoms with van der Waals surface area (Å²) in [6.07, 6.45) is 5.65. The summed E-state index contributed by atoms with van der Waals surface area (Å²) >= 11 is 0. The van der Waals surface area contributed by atoms with E-state index in [1.807, 2.05) is 20.1 Å². The molecule has 1 heterocycles. The number of allylic oxidation sites excluding steroid dienone is 2. The Morgan fingerprint density at radius 3 is 2.92 bits per heavy atom. The van der Waals surface area contributed by atoms with Crippen LogP contribution in [-0.4, -0.2) is 31.7 Å². The van der Waals surface area contributed by atoms with Gasteiger partial charge in [-0.2, -0.15) is 0 Å². The lowest BCUT2D eigenvalue weighted by atomic mass is 9.97. The molecule has 3 heteroatoms. The third kappa shape index (κ3) is 1.88. The van der Waals surface area contributed by atoms with Crippen LogP contribution in [0.3, 0.4) is 0 Å². The Kier molecular flexibility index (Phi) is 2.91. The van der Waals surface area contributed by atoms with Crippen LogP contribution in [0.2, 0.25) is 0 Å². The maximum atomic E-state index is 4.27. The first-order valence-corrected chi connectivity index (χ1v) is 4.02. The van der Waals surface area contributed by atoms with Gasteiger partial charge in [-0.15, -0.1) is 0 Å². The van der Waals surface area contributed by atoms with Crippen LogP contribution >= 0.6 is 0 Å². The van der Waals surface area contributed by atoms with Gasteiger partial charge in [0.1, 0.15) is 13.7 Å². The fraction of sp³-hybridized carbons (Fsp3) is 0.222. The summed E-state index contributed by atoms with van der Waals surface area (Å²) in [5.41, 5.74) is 1.14. The third-order valence-electron chi connectivity index (χ3n) is 1.77. The first-order chi connectivity index (χ1) is 5.77. The zero-order valence-electron chi connectivity index (χ0n) is 7.45. The predicted molar refractivity (Wildman–Crippen MR) is 56.0 cm³/mol. The molecule has 1 aliphatic rings. The lowest BCUT2D eigenvalue weighted by Gasteiger charge is -2.13. The maximum absolute atomic E-state index is 4.27. The van der Waals surface area contributed by atoms with E-state index in [1.54, 1.807) is 6.08 Å². The normalized spacial score (nSPS) is 17.5. The summed E-state index contributed by atoms with van der Waals surface area (Å²) in [6, 6.07) is 0. The average Bonchev–Trinajstić information content (AvgIpc) is 2.51. The molecule has 0 radical (unpaired) electrons. The van der Waals surface area contributed by atoms with Crippen molar-refractivity contribution < 1.29 is 0 Å². The van der Waals surface area contributed by atoms with Gasteiger partial charge in [-0.05, 0) is 12.3 Å². The van der Waals surface area contributed by atoms with Crippen molar-refractivity contribution in [2.75, 3.05) is 13.1 Å². The van der Waals surface area contributed by atoms with Crippen molar-refractivity contribution in [3.63, 3.8) is 0 Å². The summed E-state index contributed by atoms with van der Waals surface area (Å²) in [4.78, 5) is 6.36. The molecular formula is C9H13BN2. The fourth-order valence-corrected chi connectivity index (χ4v) is 1.09. The standard InChI is InChI=1S/C9H13BN2/c1-3-8(10)7-12-6-5-11-9(12)4-2/h3-4,7H,1-2,5-6,10H2/b8-7+. The number of aliphatic imine (C=N–C) groups is 1.